The number of rotatable bonds is 11. The maximum atomic E-state index is 6.17. The van der Waals surface area contributed by atoms with Gasteiger partial charge in [-0.25, -0.2) is 0 Å². The second-order valence-electron chi connectivity index (χ2n) is 8.97. The Morgan fingerprint density at radius 1 is 0.462 bits per heavy atom. The van der Waals surface area contributed by atoms with E-state index < -0.39 is 52.3 Å². The van der Waals surface area contributed by atoms with Crippen molar-refractivity contribution in [3.05, 3.63) is 50.2 Å². The number of hydrogen-bond acceptors (Lipinski definition) is 4. The van der Waals surface area contributed by atoms with Crippen LogP contribution in [0, 0.1) is 0 Å². The third-order valence-electron chi connectivity index (χ3n) is 5.54. The van der Waals surface area contributed by atoms with Crippen molar-refractivity contribution in [2.75, 3.05) is 0 Å². The van der Waals surface area contributed by atoms with Crippen LogP contribution in [0.4, 0.5) is 0 Å². The molecular formula is C21H24Cl10O4Si2Zn2. The first-order valence-electron chi connectivity index (χ1n) is 11.5. The van der Waals surface area contributed by atoms with E-state index in [-0.39, 0.29) is 61.7 Å². The molecule has 0 aliphatic carbocycles. The molecule has 0 aromatic heterocycles. The van der Waals surface area contributed by atoms with E-state index in [0.717, 1.165) is 18.1 Å². The molecule has 0 aliphatic heterocycles. The number of halogens is 10. The second-order valence-corrected chi connectivity index (χ2v) is 27.9. The predicted molar refractivity (Wildman–Crippen MR) is 167 cm³/mol. The molecule has 4 nitrogen and oxygen atoms in total. The van der Waals surface area contributed by atoms with Gasteiger partial charge in [0.15, 0.2) is 0 Å². The Kier molecular flexibility index (Phi) is 18.1. The van der Waals surface area contributed by atoms with Gasteiger partial charge >= 0.3 is 302 Å². The summed E-state index contributed by atoms with van der Waals surface area (Å²) >= 11 is 56.6. The third kappa shape index (κ3) is 11.1. The first-order chi connectivity index (χ1) is 18.0. The predicted octanol–water partition coefficient (Wildman–Crippen LogP) is 13.4. The van der Waals surface area contributed by atoms with Gasteiger partial charge < -0.3 is 0 Å². The van der Waals surface area contributed by atoms with Gasteiger partial charge in [0.05, 0.1) is 0 Å². The molecule has 214 valence electrons. The van der Waals surface area contributed by atoms with Crippen molar-refractivity contribution < 1.29 is 49.3 Å². The van der Waals surface area contributed by atoms with Gasteiger partial charge in [0.1, 0.15) is 0 Å². The molecule has 0 heterocycles. The Hall–Kier alpha value is 2.54. The van der Waals surface area contributed by atoms with Gasteiger partial charge in [-0.2, -0.15) is 0 Å². The summed E-state index contributed by atoms with van der Waals surface area (Å²) in [5, 5.41) is 1.53. The molecule has 0 bridgehead atoms. The molecule has 0 aliphatic rings. The van der Waals surface area contributed by atoms with Crippen molar-refractivity contribution in [3.8, 4) is 11.5 Å². The molecule has 2 rings (SSSR count). The summed E-state index contributed by atoms with van der Waals surface area (Å²) in [6, 6.07) is 3.20. The standard InChI is InChI=1S/2C6HCl5O.C6H15OSi.C3H9OSi.2Zn/c2*7-1-2(8)4(10)6(12)5(11)3(1)9;1-4-8(7,5-2)6-3;1-5(2,3)4;;/h2*12H;4-6H2,1-3H3;1-3H3;;/q;;2*-1;2*+2/p-2. The van der Waals surface area contributed by atoms with Gasteiger partial charge in [-0.05, 0) is 0 Å². The molecule has 39 heavy (non-hydrogen) atoms. The van der Waals surface area contributed by atoms with E-state index >= 15 is 0 Å². The third-order valence-corrected chi connectivity index (χ3v) is 28.1. The van der Waals surface area contributed by atoms with E-state index in [4.69, 9.17) is 130 Å². The fourth-order valence-corrected chi connectivity index (χ4v) is 19.1. The van der Waals surface area contributed by atoms with Gasteiger partial charge in [-0.1, -0.05) is 0 Å². The van der Waals surface area contributed by atoms with Gasteiger partial charge in [0.2, 0.25) is 0 Å². The molecule has 0 atom stereocenters. The molecule has 0 saturated carbocycles. The van der Waals surface area contributed by atoms with Gasteiger partial charge in [-0.15, -0.1) is 0 Å². The number of benzene rings is 2. The topological polar surface area (TPSA) is 36.9 Å². The van der Waals surface area contributed by atoms with E-state index in [1.165, 1.54) is 0 Å². The van der Waals surface area contributed by atoms with E-state index in [9.17, 15) is 0 Å². The van der Waals surface area contributed by atoms with Crippen LogP contribution in [0.2, 0.25) is 88.0 Å². The average Bonchev–Trinajstić information content (AvgIpc) is 2.90. The van der Waals surface area contributed by atoms with Crippen molar-refractivity contribution in [1.82, 2.24) is 0 Å². The van der Waals surface area contributed by atoms with Gasteiger partial charge in [0.25, 0.3) is 0 Å². The summed E-state index contributed by atoms with van der Waals surface area (Å²) in [4.78, 5) is 0. The quantitative estimate of drug-likeness (QED) is 0.128. The van der Waals surface area contributed by atoms with Crippen molar-refractivity contribution in [1.29, 1.82) is 0 Å². The summed E-state index contributed by atoms with van der Waals surface area (Å²) in [7, 11) is -3.27. The van der Waals surface area contributed by atoms with Crippen LogP contribution < -0.4 is 7.13 Å². The van der Waals surface area contributed by atoms with Crippen LogP contribution >= 0.6 is 116 Å². The second kappa shape index (κ2) is 17.9. The van der Waals surface area contributed by atoms with E-state index in [1.807, 2.05) is 0 Å². The summed E-state index contributed by atoms with van der Waals surface area (Å²) in [5.74, 6) is 0.542. The zero-order valence-electron chi connectivity index (χ0n) is 21.9. The molecule has 2 aromatic carbocycles. The average molecular weight is 882 g/mol. The molecule has 0 amide bonds. The summed E-state index contributed by atoms with van der Waals surface area (Å²) in [6.45, 7) is 12.7. The first kappa shape index (κ1) is 39.6. The zero-order valence-corrected chi connectivity index (χ0v) is 37.4. The van der Waals surface area contributed by atoms with Gasteiger partial charge in [-0.3, -0.25) is 0 Å². The van der Waals surface area contributed by atoms with E-state index in [1.54, 1.807) is 0 Å². The van der Waals surface area contributed by atoms with Crippen molar-refractivity contribution >= 4 is 133 Å². The molecule has 0 saturated heterocycles. The fraction of sp³-hybridized carbons (Fsp3) is 0.429. The Morgan fingerprint density at radius 3 is 0.974 bits per heavy atom. The van der Waals surface area contributed by atoms with Crippen LogP contribution in [0.5, 0.6) is 11.5 Å². The Morgan fingerprint density at radius 2 is 0.718 bits per heavy atom. The molecular weight excluding hydrogens is 858 g/mol. The fourth-order valence-electron chi connectivity index (χ4n) is 2.96. The molecule has 18 heteroatoms. The summed E-state index contributed by atoms with van der Waals surface area (Å²) in [5.41, 5.74) is 0. The Labute approximate surface area is 298 Å². The van der Waals surface area contributed by atoms with Crippen LogP contribution in [0.25, 0.3) is 0 Å². The van der Waals surface area contributed by atoms with Crippen molar-refractivity contribution in [2.45, 2.75) is 58.5 Å². The minimum atomic E-state index is -1.75. The van der Waals surface area contributed by atoms with E-state index in [2.05, 4.69) is 40.4 Å². The van der Waals surface area contributed by atoms with E-state index in [0.29, 0.717) is 0 Å². The molecule has 0 spiro atoms. The zero-order chi connectivity index (χ0) is 30.3. The normalized spacial score (nSPS) is 11.4. The monoisotopic (exact) mass is 874 g/mol. The molecule has 0 radical (unpaired) electrons. The summed E-state index contributed by atoms with van der Waals surface area (Å²) in [6.07, 6.45) is 0. The molecule has 2 aromatic rings. The van der Waals surface area contributed by atoms with Crippen molar-refractivity contribution in [2.24, 2.45) is 0 Å². The van der Waals surface area contributed by atoms with Crippen LogP contribution in [0.15, 0.2) is 0 Å². The van der Waals surface area contributed by atoms with Gasteiger partial charge in [0, 0.05) is 0 Å². The minimum absolute atomic E-state index is 0.124. The Balaban J connectivity index is 0.000000395. The number of hydrogen-bond donors (Lipinski definition) is 0. The van der Waals surface area contributed by atoms with Crippen LogP contribution in [0.3, 0.4) is 0 Å². The first-order valence-corrected chi connectivity index (χ1v) is 26.1. The molecule has 0 unspecified atom stereocenters. The Bertz CT molecular complexity index is 1080. The summed E-state index contributed by atoms with van der Waals surface area (Å²) < 4.78 is 23.2. The molecule has 0 N–H and O–H groups in total. The van der Waals surface area contributed by atoms with Crippen LogP contribution in [0.1, 0.15) is 20.8 Å². The van der Waals surface area contributed by atoms with Crippen LogP contribution in [-0.4, -0.2) is 16.6 Å². The van der Waals surface area contributed by atoms with Crippen LogP contribution in [-0.2, 0) is 42.2 Å². The van der Waals surface area contributed by atoms with Crippen molar-refractivity contribution in [3.63, 3.8) is 0 Å². The molecule has 0 fully saturated rings. The maximum absolute atomic E-state index is 6.17. The SMILES string of the molecule is CC[Si](CC)(CC)[O][Zn][O]c1c(Cl)c(Cl)c(Cl)c(Cl)c1Cl.C[Si](C)(C)[O][Zn][O]c1c(Cl)c(Cl)c(Cl)c(Cl)c1Cl.